The van der Waals surface area contributed by atoms with Crippen molar-refractivity contribution in [1.29, 1.82) is 0 Å². The van der Waals surface area contributed by atoms with Crippen molar-refractivity contribution in [3.05, 3.63) is 72.4 Å². The molecule has 1 saturated carbocycles. The van der Waals surface area contributed by atoms with Crippen LogP contribution in [0.3, 0.4) is 0 Å². The normalized spacial score (nSPS) is 42.3. The maximum atomic E-state index is 14.2. The molecule has 2 aliphatic carbocycles. The van der Waals surface area contributed by atoms with Crippen molar-refractivity contribution in [2.24, 2.45) is 29.1 Å². The summed E-state index contributed by atoms with van der Waals surface area (Å²) >= 11 is 0. The molecule has 9 atom stereocenters. The molecule has 1 heterocycles. The highest BCUT2D eigenvalue weighted by molar-refractivity contribution is 5.89. The molecule has 36 heavy (non-hydrogen) atoms. The molecule has 1 aromatic rings. The number of esters is 1. The number of nitrogens with one attached hydrogen (secondary N) is 1. The van der Waals surface area contributed by atoms with Gasteiger partial charge in [0.2, 0.25) is 5.91 Å². The lowest BCUT2D eigenvalue weighted by Gasteiger charge is -2.52. The van der Waals surface area contributed by atoms with Gasteiger partial charge in [0.25, 0.3) is 0 Å². The van der Waals surface area contributed by atoms with Crippen LogP contribution in [0.25, 0.3) is 0 Å². The molecule has 6 nitrogen and oxygen atoms in total. The second-order valence-corrected chi connectivity index (χ2v) is 11.3. The zero-order chi connectivity index (χ0) is 26.3. The Morgan fingerprint density at radius 3 is 2.58 bits per heavy atom. The summed E-state index contributed by atoms with van der Waals surface area (Å²) in [7, 11) is 0. The van der Waals surface area contributed by atoms with Crippen molar-refractivity contribution in [3.8, 4) is 0 Å². The van der Waals surface area contributed by atoms with E-state index in [0.29, 0.717) is 24.8 Å². The van der Waals surface area contributed by atoms with Gasteiger partial charge in [0.1, 0.15) is 11.5 Å². The number of hydrogen-bond donors (Lipinski definition) is 3. The van der Waals surface area contributed by atoms with Crippen LogP contribution >= 0.6 is 0 Å². The number of ether oxygens (including phenoxy) is 1. The lowest BCUT2D eigenvalue weighted by atomic mass is 9.51. The van der Waals surface area contributed by atoms with Gasteiger partial charge >= 0.3 is 5.97 Å². The van der Waals surface area contributed by atoms with Gasteiger partial charge in [-0.3, -0.25) is 9.59 Å². The first-order valence-electron chi connectivity index (χ1n) is 12.9. The maximum Gasteiger partial charge on any atom is 0.303 e. The van der Waals surface area contributed by atoms with Crippen LogP contribution in [0.15, 0.2) is 66.8 Å². The highest BCUT2D eigenvalue weighted by Gasteiger charge is 2.68. The lowest BCUT2D eigenvalue weighted by molar-refractivity contribution is -0.166. The average molecular weight is 494 g/mol. The fraction of sp³-hybridized carbons (Fsp3) is 0.533. The molecule has 194 valence electrons. The molecule has 0 radical (unpaired) electrons. The Labute approximate surface area is 214 Å². The maximum absolute atomic E-state index is 14.2. The van der Waals surface area contributed by atoms with Crippen molar-refractivity contribution < 1.29 is 24.5 Å². The molecular weight excluding hydrogens is 454 g/mol. The van der Waals surface area contributed by atoms with Gasteiger partial charge in [0.05, 0.1) is 11.7 Å². The molecule has 1 saturated heterocycles. The molecule has 1 spiro atoms. The quantitative estimate of drug-likeness (QED) is 0.440. The molecule has 4 rings (SSSR count). The Kier molecular flexibility index (Phi) is 7.31. The van der Waals surface area contributed by atoms with Gasteiger partial charge in [-0.2, -0.15) is 0 Å². The Bertz CT molecular complexity index is 1060. The lowest BCUT2D eigenvalue weighted by Crippen LogP contribution is -2.60. The second kappa shape index (κ2) is 9.98. The predicted octanol–water partition coefficient (Wildman–Crippen LogP) is 3.74. The number of allylic oxidation sites excluding steroid dienone is 1. The van der Waals surface area contributed by atoms with E-state index in [0.717, 1.165) is 5.56 Å². The Hall–Kier alpha value is -2.70. The molecule has 1 aromatic carbocycles. The first kappa shape index (κ1) is 26.4. The van der Waals surface area contributed by atoms with Gasteiger partial charge < -0.3 is 20.3 Å². The van der Waals surface area contributed by atoms with Gasteiger partial charge in [-0.05, 0) is 55.2 Å². The third-order valence-electron chi connectivity index (χ3n) is 8.43. The minimum atomic E-state index is -1.26. The smallest absolute Gasteiger partial charge is 0.303 e. The van der Waals surface area contributed by atoms with Crippen molar-refractivity contribution >= 4 is 11.9 Å². The van der Waals surface area contributed by atoms with Gasteiger partial charge in [0, 0.05) is 24.8 Å². The molecule has 3 aliphatic rings. The largest absolute Gasteiger partial charge is 0.457 e. The summed E-state index contributed by atoms with van der Waals surface area (Å²) in [6.45, 7) is 11.3. The second-order valence-electron chi connectivity index (χ2n) is 11.3. The van der Waals surface area contributed by atoms with E-state index in [1.807, 2.05) is 49.4 Å². The molecule has 3 N–H and O–H groups in total. The van der Waals surface area contributed by atoms with Crippen molar-refractivity contribution in [3.63, 3.8) is 0 Å². The summed E-state index contributed by atoms with van der Waals surface area (Å²) in [6.07, 6.45) is 7.09. The summed E-state index contributed by atoms with van der Waals surface area (Å²) in [5.74, 6) is -1.75. The zero-order valence-corrected chi connectivity index (χ0v) is 21.7. The van der Waals surface area contributed by atoms with E-state index in [9.17, 15) is 19.8 Å². The number of benzene rings is 1. The number of hydrogen-bond acceptors (Lipinski definition) is 5. The Morgan fingerprint density at radius 1 is 1.22 bits per heavy atom. The summed E-state index contributed by atoms with van der Waals surface area (Å²) in [5, 5.41) is 25.8. The number of carbonyl (C=O) groups excluding carboxylic acids is 2. The van der Waals surface area contributed by atoms with Gasteiger partial charge in [-0.25, -0.2) is 0 Å². The predicted molar refractivity (Wildman–Crippen MR) is 139 cm³/mol. The summed E-state index contributed by atoms with van der Waals surface area (Å²) in [4.78, 5) is 26.5. The minimum absolute atomic E-state index is 0.170. The van der Waals surface area contributed by atoms with E-state index < -0.39 is 35.1 Å². The van der Waals surface area contributed by atoms with Crippen LogP contribution in [0.1, 0.15) is 46.1 Å². The topological polar surface area (TPSA) is 95.9 Å². The Balaban J connectivity index is 1.92. The molecule has 1 aliphatic heterocycles. The molecule has 1 amide bonds. The number of aliphatic hydroxyl groups is 2. The Morgan fingerprint density at radius 2 is 1.92 bits per heavy atom. The van der Waals surface area contributed by atoms with Crippen molar-refractivity contribution in [2.75, 3.05) is 0 Å². The van der Waals surface area contributed by atoms with Crippen LogP contribution in [0.2, 0.25) is 0 Å². The molecule has 0 unspecified atom stereocenters. The first-order valence-corrected chi connectivity index (χ1v) is 12.9. The minimum Gasteiger partial charge on any atom is -0.457 e. The average Bonchev–Trinajstić information content (AvgIpc) is 3.08. The standard InChI is InChI=1S/C30H39NO5/c1-18-10-9-13-23-27(33)20(3)19(2)26-24(16-22-11-7-6-8-12-22)31-28(34)30(23,26)25(36-21(4)32)14-15-29(5,35)17-18/h6-9,11-15,18-19,23-27,33,35H,3,10,16-17H2,1-2,4-5H3,(H,31,34)/b13-9+,15-14+/t18-,19+,23-,24-,25+,26-,27+,29+,30+/m0/s1. The molecule has 6 heteroatoms. The summed E-state index contributed by atoms with van der Waals surface area (Å²) in [6, 6.07) is 9.73. The number of carbonyl (C=O) groups is 2. The van der Waals surface area contributed by atoms with E-state index in [1.54, 1.807) is 19.1 Å². The summed E-state index contributed by atoms with van der Waals surface area (Å²) < 4.78 is 5.89. The van der Waals surface area contributed by atoms with E-state index in [4.69, 9.17) is 4.74 Å². The third-order valence-corrected chi connectivity index (χ3v) is 8.43. The van der Waals surface area contributed by atoms with E-state index in [-0.39, 0.29) is 29.7 Å². The van der Waals surface area contributed by atoms with Crippen LogP contribution in [-0.4, -0.2) is 45.9 Å². The number of amides is 1. The van der Waals surface area contributed by atoms with E-state index >= 15 is 0 Å². The molecule has 2 fully saturated rings. The van der Waals surface area contributed by atoms with Crippen LogP contribution in [0.5, 0.6) is 0 Å². The van der Waals surface area contributed by atoms with Crippen molar-refractivity contribution in [1.82, 2.24) is 5.32 Å². The molecule has 0 aromatic heterocycles. The fourth-order valence-corrected chi connectivity index (χ4v) is 6.90. The first-order chi connectivity index (χ1) is 17.0. The SMILES string of the molecule is C=C1[C@@H](C)[C@H]2[C@H](Cc3ccccc3)NC(=O)[C@]23[C@H](OC(C)=O)/C=C/[C@@](C)(O)C[C@@H](C)C/C=C/[C@H]3[C@@H]1O. The van der Waals surface area contributed by atoms with E-state index in [1.165, 1.54) is 6.92 Å². The number of rotatable bonds is 3. The van der Waals surface area contributed by atoms with Gasteiger partial charge in [0.15, 0.2) is 0 Å². The van der Waals surface area contributed by atoms with E-state index in [2.05, 4.69) is 18.8 Å². The number of aliphatic hydroxyl groups excluding tert-OH is 1. The van der Waals surface area contributed by atoms with Crippen LogP contribution < -0.4 is 5.32 Å². The molecular formula is C30H39NO5. The van der Waals surface area contributed by atoms with Crippen LogP contribution in [-0.2, 0) is 20.7 Å². The highest BCUT2D eigenvalue weighted by atomic mass is 16.5. The molecule has 0 bridgehead atoms. The van der Waals surface area contributed by atoms with Crippen molar-refractivity contribution in [2.45, 2.75) is 70.8 Å². The fourth-order valence-electron chi connectivity index (χ4n) is 6.90. The van der Waals surface area contributed by atoms with Gasteiger partial charge in [-0.1, -0.05) is 69.0 Å². The highest BCUT2D eigenvalue weighted by Crippen LogP contribution is 2.58. The van der Waals surface area contributed by atoms with Crippen LogP contribution in [0.4, 0.5) is 0 Å². The summed E-state index contributed by atoms with van der Waals surface area (Å²) in [5.41, 5.74) is -0.635. The van der Waals surface area contributed by atoms with Gasteiger partial charge in [-0.15, -0.1) is 0 Å². The zero-order valence-electron chi connectivity index (χ0n) is 21.7. The monoisotopic (exact) mass is 493 g/mol. The van der Waals surface area contributed by atoms with Crippen LogP contribution in [0, 0.1) is 29.1 Å². The third kappa shape index (κ3) is 4.69.